The summed E-state index contributed by atoms with van der Waals surface area (Å²) in [5, 5.41) is 14.2. The van der Waals surface area contributed by atoms with Crippen molar-refractivity contribution in [2.45, 2.75) is 88.9 Å². The molecule has 2 N–H and O–H groups in total. The summed E-state index contributed by atoms with van der Waals surface area (Å²) in [7, 11) is 0. The first-order chi connectivity index (χ1) is 10.2. The van der Waals surface area contributed by atoms with Crippen LogP contribution in [0.4, 0.5) is 0 Å². The minimum Gasteiger partial charge on any atom is -0.479 e. The summed E-state index contributed by atoms with van der Waals surface area (Å²) in [5.74, 6) is -1.05. The standard InChI is InChI=1S/C16H29BrN2O4/c1-10(17)12(20)18-11-8-14(2,3)19(15(4,5)9-11)23-16(6,7)13(21)22/h10-11H,8-9H2,1-7H3,(H,18,20)(H,21,22). The summed E-state index contributed by atoms with van der Waals surface area (Å²) in [6, 6.07) is 0.0142. The quantitative estimate of drug-likeness (QED) is 0.703. The van der Waals surface area contributed by atoms with Crippen molar-refractivity contribution < 1.29 is 19.5 Å². The van der Waals surface area contributed by atoms with Crippen LogP contribution in [0.15, 0.2) is 0 Å². The lowest BCUT2D eigenvalue weighted by atomic mass is 9.79. The van der Waals surface area contributed by atoms with Gasteiger partial charge in [-0.2, -0.15) is 5.06 Å². The van der Waals surface area contributed by atoms with Crippen LogP contribution >= 0.6 is 15.9 Å². The van der Waals surface area contributed by atoms with Crippen LogP contribution in [0.1, 0.15) is 61.3 Å². The van der Waals surface area contributed by atoms with Crippen molar-refractivity contribution in [3.63, 3.8) is 0 Å². The van der Waals surface area contributed by atoms with E-state index in [2.05, 4.69) is 21.2 Å². The van der Waals surface area contributed by atoms with E-state index in [1.165, 1.54) is 0 Å². The first-order valence-electron chi connectivity index (χ1n) is 7.86. The molecule has 1 aliphatic rings. The van der Waals surface area contributed by atoms with Gasteiger partial charge in [0.2, 0.25) is 5.91 Å². The topological polar surface area (TPSA) is 78.9 Å². The van der Waals surface area contributed by atoms with Crippen LogP contribution in [0.5, 0.6) is 0 Å². The van der Waals surface area contributed by atoms with Crippen molar-refractivity contribution in [1.82, 2.24) is 10.4 Å². The molecular weight excluding hydrogens is 364 g/mol. The Morgan fingerprint density at radius 2 is 1.70 bits per heavy atom. The number of rotatable bonds is 5. The number of hydroxylamine groups is 2. The number of hydrogen-bond donors (Lipinski definition) is 2. The molecule has 0 aromatic rings. The van der Waals surface area contributed by atoms with E-state index in [0.717, 1.165) is 0 Å². The number of piperidine rings is 1. The van der Waals surface area contributed by atoms with E-state index in [1.54, 1.807) is 25.8 Å². The number of aliphatic carboxylic acids is 1. The molecule has 0 saturated carbocycles. The number of carboxylic acid groups (broad SMARTS) is 1. The molecule has 1 saturated heterocycles. The lowest BCUT2D eigenvalue weighted by Gasteiger charge is -2.55. The normalized spacial score (nSPS) is 23.3. The maximum atomic E-state index is 12.0. The molecule has 6 nitrogen and oxygen atoms in total. The van der Waals surface area contributed by atoms with Gasteiger partial charge in [-0.25, -0.2) is 4.79 Å². The average molecular weight is 393 g/mol. The van der Waals surface area contributed by atoms with Gasteiger partial charge in [-0.05, 0) is 61.3 Å². The predicted octanol–water partition coefficient (Wildman–Crippen LogP) is 2.70. The highest BCUT2D eigenvalue weighted by atomic mass is 79.9. The van der Waals surface area contributed by atoms with Gasteiger partial charge in [0.15, 0.2) is 5.60 Å². The van der Waals surface area contributed by atoms with E-state index in [0.29, 0.717) is 12.8 Å². The van der Waals surface area contributed by atoms with Gasteiger partial charge in [-0.3, -0.25) is 9.63 Å². The second-order valence-electron chi connectivity index (χ2n) is 8.06. The van der Waals surface area contributed by atoms with Crippen molar-refractivity contribution in [3.05, 3.63) is 0 Å². The second-order valence-corrected chi connectivity index (χ2v) is 9.43. The van der Waals surface area contributed by atoms with E-state index in [9.17, 15) is 14.7 Å². The van der Waals surface area contributed by atoms with Gasteiger partial charge in [0.05, 0.1) is 4.83 Å². The molecule has 0 spiro atoms. The largest absolute Gasteiger partial charge is 0.479 e. The third-order valence-corrected chi connectivity index (χ3v) is 4.55. The molecule has 0 bridgehead atoms. The number of carbonyl (C=O) groups is 2. The van der Waals surface area contributed by atoms with Crippen LogP contribution in [-0.4, -0.2) is 49.6 Å². The van der Waals surface area contributed by atoms with Gasteiger partial charge < -0.3 is 10.4 Å². The summed E-state index contributed by atoms with van der Waals surface area (Å²) in [6.07, 6.45) is 1.36. The maximum Gasteiger partial charge on any atom is 0.337 e. The first-order valence-corrected chi connectivity index (χ1v) is 8.78. The maximum absolute atomic E-state index is 12.0. The van der Waals surface area contributed by atoms with Gasteiger partial charge in [-0.1, -0.05) is 15.9 Å². The number of carbonyl (C=O) groups excluding carboxylic acids is 1. The van der Waals surface area contributed by atoms with E-state index < -0.39 is 22.6 Å². The number of nitrogens with one attached hydrogen (secondary N) is 1. The van der Waals surface area contributed by atoms with Gasteiger partial charge in [0.25, 0.3) is 0 Å². The predicted molar refractivity (Wildman–Crippen MR) is 92.4 cm³/mol. The van der Waals surface area contributed by atoms with Crippen LogP contribution in [0.3, 0.4) is 0 Å². The summed E-state index contributed by atoms with van der Waals surface area (Å²) in [4.78, 5) is 29.0. The van der Waals surface area contributed by atoms with Crippen LogP contribution < -0.4 is 5.32 Å². The van der Waals surface area contributed by atoms with Crippen LogP contribution in [0, 0.1) is 0 Å². The van der Waals surface area contributed by atoms with Crippen molar-refractivity contribution in [2.75, 3.05) is 0 Å². The fraction of sp³-hybridized carbons (Fsp3) is 0.875. The molecule has 0 radical (unpaired) electrons. The Morgan fingerprint density at radius 1 is 1.26 bits per heavy atom. The fourth-order valence-corrected chi connectivity index (χ4v) is 3.33. The fourth-order valence-electron chi connectivity index (χ4n) is 3.20. The first kappa shape index (κ1) is 20.4. The van der Waals surface area contributed by atoms with E-state index >= 15 is 0 Å². The zero-order valence-corrected chi connectivity index (χ0v) is 16.7. The van der Waals surface area contributed by atoms with E-state index in [-0.39, 0.29) is 16.8 Å². The molecule has 23 heavy (non-hydrogen) atoms. The van der Waals surface area contributed by atoms with Gasteiger partial charge in [-0.15, -0.1) is 0 Å². The van der Waals surface area contributed by atoms with Gasteiger partial charge >= 0.3 is 5.97 Å². The molecule has 1 amide bonds. The number of carboxylic acids is 1. The van der Waals surface area contributed by atoms with Crippen LogP contribution in [-0.2, 0) is 14.4 Å². The van der Waals surface area contributed by atoms with Crippen LogP contribution in [0.2, 0.25) is 0 Å². The SMILES string of the molecule is CC(Br)C(=O)NC1CC(C)(C)N(OC(C)(C)C(=O)O)C(C)(C)C1. The summed E-state index contributed by atoms with van der Waals surface area (Å²) in [5.41, 5.74) is -2.14. The number of alkyl halides is 1. The van der Waals surface area contributed by atoms with Crippen molar-refractivity contribution in [2.24, 2.45) is 0 Å². The van der Waals surface area contributed by atoms with E-state index in [1.807, 2.05) is 27.7 Å². The number of halogens is 1. The summed E-state index contributed by atoms with van der Waals surface area (Å²) < 4.78 is 0. The summed E-state index contributed by atoms with van der Waals surface area (Å²) in [6.45, 7) is 12.9. The molecule has 134 valence electrons. The molecule has 7 heteroatoms. The number of nitrogens with zero attached hydrogens (tertiary/aromatic N) is 1. The molecule has 1 rings (SSSR count). The average Bonchev–Trinajstić information content (AvgIpc) is 2.32. The van der Waals surface area contributed by atoms with Crippen molar-refractivity contribution >= 4 is 27.8 Å². The molecule has 0 aromatic carbocycles. The Kier molecular flexibility index (Phi) is 5.93. The third-order valence-electron chi connectivity index (χ3n) is 4.13. The van der Waals surface area contributed by atoms with Crippen molar-refractivity contribution in [1.29, 1.82) is 0 Å². The zero-order valence-electron chi connectivity index (χ0n) is 15.1. The van der Waals surface area contributed by atoms with Gasteiger partial charge in [0, 0.05) is 17.1 Å². The third kappa shape index (κ3) is 4.90. The Morgan fingerprint density at radius 3 is 2.04 bits per heavy atom. The molecule has 1 aliphatic heterocycles. The summed E-state index contributed by atoms with van der Waals surface area (Å²) >= 11 is 3.28. The lowest BCUT2D eigenvalue weighted by molar-refractivity contribution is -0.325. The Labute approximate surface area is 147 Å². The lowest BCUT2D eigenvalue weighted by Crippen LogP contribution is -2.66. The second kappa shape index (κ2) is 6.69. The van der Waals surface area contributed by atoms with Gasteiger partial charge in [0.1, 0.15) is 0 Å². The molecule has 1 fully saturated rings. The zero-order chi connectivity index (χ0) is 18.2. The monoisotopic (exact) mass is 392 g/mol. The van der Waals surface area contributed by atoms with Crippen LogP contribution in [0.25, 0.3) is 0 Å². The Balaban J connectivity index is 2.97. The highest BCUT2D eigenvalue weighted by molar-refractivity contribution is 9.10. The van der Waals surface area contributed by atoms with E-state index in [4.69, 9.17) is 4.84 Å². The molecule has 0 aliphatic carbocycles. The molecule has 1 heterocycles. The smallest absolute Gasteiger partial charge is 0.337 e. The Bertz CT molecular complexity index is 457. The van der Waals surface area contributed by atoms with Crippen molar-refractivity contribution in [3.8, 4) is 0 Å². The molecule has 1 atom stereocenters. The molecular formula is C16H29BrN2O4. The molecule has 0 aromatic heterocycles. The minimum absolute atomic E-state index is 0.0142. The highest BCUT2D eigenvalue weighted by Crippen LogP contribution is 2.40. The number of amides is 1. The number of hydrogen-bond acceptors (Lipinski definition) is 4. The highest BCUT2D eigenvalue weighted by Gasteiger charge is 2.50. The minimum atomic E-state index is -1.31. The Hall–Kier alpha value is -0.660. The molecule has 1 unspecified atom stereocenters.